The lowest BCUT2D eigenvalue weighted by Gasteiger charge is -2.10. The van der Waals surface area contributed by atoms with Crippen molar-refractivity contribution in [3.05, 3.63) is 41.5 Å². The van der Waals surface area contributed by atoms with Gasteiger partial charge in [-0.3, -0.25) is 9.67 Å². The van der Waals surface area contributed by atoms with E-state index in [4.69, 9.17) is 5.11 Å². The number of rotatable bonds is 4. The lowest BCUT2D eigenvalue weighted by atomic mass is 10.2. The Morgan fingerprint density at radius 3 is 2.94 bits per heavy atom. The third-order valence-corrected chi connectivity index (χ3v) is 2.65. The molecule has 94 valence electrons. The van der Waals surface area contributed by atoms with Gasteiger partial charge >= 0.3 is 5.97 Å². The summed E-state index contributed by atoms with van der Waals surface area (Å²) in [5.41, 5.74) is 2.48. The number of nitrogens with one attached hydrogen (secondary N) is 1. The highest BCUT2D eigenvalue weighted by molar-refractivity contribution is 5.93. The summed E-state index contributed by atoms with van der Waals surface area (Å²) in [6, 6.07) is 3.60. The van der Waals surface area contributed by atoms with Crippen molar-refractivity contribution >= 4 is 11.7 Å². The maximum Gasteiger partial charge on any atom is 0.339 e. The number of carbonyl (C=O) groups is 1. The summed E-state index contributed by atoms with van der Waals surface area (Å²) >= 11 is 0. The van der Waals surface area contributed by atoms with Gasteiger partial charge in [0, 0.05) is 25.1 Å². The van der Waals surface area contributed by atoms with Crippen LogP contribution >= 0.6 is 0 Å². The summed E-state index contributed by atoms with van der Waals surface area (Å²) in [6.45, 7) is 2.33. The molecule has 6 nitrogen and oxygen atoms in total. The highest BCUT2D eigenvalue weighted by atomic mass is 16.4. The van der Waals surface area contributed by atoms with Crippen molar-refractivity contribution in [1.82, 2.24) is 14.8 Å². The Labute approximate surface area is 104 Å². The predicted molar refractivity (Wildman–Crippen MR) is 66.5 cm³/mol. The molecule has 0 aliphatic rings. The molecule has 2 aromatic heterocycles. The van der Waals surface area contributed by atoms with E-state index in [2.05, 4.69) is 15.4 Å². The summed E-state index contributed by atoms with van der Waals surface area (Å²) < 4.78 is 1.74. The minimum absolute atomic E-state index is 0.169. The summed E-state index contributed by atoms with van der Waals surface area (Å²) in [4.78, 5) is 15.0. The Bertz CT molecular complexity index is 577. The van der Waals surface area contributed by atoms with E-state index in [1.54, 1.807) is 16.9 Å². The van der Waals surface area contributed by atoms with Crippen molar-refractivity contribution in [2.24, 2.45) is 7.05 Å². The van der Waals surface area contributed by atoms with Crippen molar-refractivity contribution in [2.45, 2.75) is 13.5 Å². The van der Waals surface area contributed by atoms with Gasteiger partial charge in [0.25, 0.3) is 0 Å². The van der Waals surface area contributed by atoms with Crippen LogP contribution in [0.4, 0.5) is 5.69 Å². The van der Waals surface area contributed by atoms with Gasteiger partial charge in [-0.05, 0) is 19.1 Å². The van der Waals surface area contributed by atoms with Crippen molar-refractivity contribution in [3.8, 4) is 0 Å². The van der Waals surface area contributed by atoms with Crippen LogP contribution in [0, 0.1) is 6.92 Å². The Kier molecular flexibility index (Phi) is 3.27. The van der Waals surface area contributed by atoms with Gasteiger partial charge in [-0.15, -0.1) is 0 Å². The zero-order valence-electron chi connectivity index (χ0n) is 10.2. The minimum Gasteiger partial charge on any atom is -0.478 e. The van der Waals surface area contributed by atoms with Gasteiger partial charge in [-0.2, -0.15) is 5.10 Å². The molecular formula is C12H14N4O2. The van der Waals surface area contributed by atoms with Crippen molar-refractivity contribution in [1.29, 1.82) is 0 Å². The van der Waals surface area contributed by atoms with E-state index in [0.717, 1.165) is 11.4 Å². The van der Waals surface area contributed by atoms with Crippen LogP contribution in [0.25, 0.3) is 0 Å². The average Bonchev–Trinajstić information content (AvgIpc) is 2.72. The fourth-order valence-corrected chi connectivity index (χ4v) is 1.64. The molecule has 0 saturated carbocycles. The van der Waals surface area contributed by atoms with Crippen LogP contribution in [0.2, 0.25) is 0 Å². The fourth-order valence-electron chi connectivity index (χ4n) is 1.64. The first-order valence-electron chi connectivity index (χ1n) is 5.48. The molecule has 0 aromatic carbocycles. The quantitative estimate of drug-likeness (QED) is 0.853. The number of aromatic nitrogens is 3. The summed E-state index contributed by atoms with van der Waals surface area (Å²) in [5, 5.41) is 16.2. The van der Waals surface area contributed by atoms with Crippen LogP contribution in [0.1, 0.15) is 21.7 Å². The maximum absolute atomic E-state index is 11.1. The van der Waals surface area contributed by atoms with Crippen LogP contribution in [0.3, 0.4) is 0 Å². The first kappa shape index (κ1) is 12.1. The van der Waals surface area contributed by atoms with Crippen molar-refractivity contribution < 1.29 is 9.90 Å². The van der Waals surface area contributed by atoms with Crippen LogP contribution in [0.5, 0.6) is 0 Å². The zero-order chi connectivity index (χ0) is 13.1. The van der Waals surface area contributed by atoms with E-state index in [9.17, 15) is 4.79 Å². The van der Waals surface area contributed by atoms with Gasteiger partial charge in [0.15, 0.2) is 0 Å². The number of pyridine rings is 1. The maximum atomic E-state index is 11.1. The molecule has 6 heteroatoms. The van der Waals surface area contributed by atoms with E-state index in [1.807, 2.05) is 20.0 Å². The molecule has 0 saturated heterocycles. The fraction of sp³-hybridized carbons (Fsp3) is 0.250. The second-order valence-corrected chi connectivity index (χ2v) is 3.98. The van der Waals surface area contributed by atoms with Crippen molar-refractivity contribution in [3.63, 3.8) is 0 Å². The Hall–Kier alpha value is -2.37. The normalized spacial score (nSPS) is 10.3. The lowest BCUT2D eigenvalue weighted by molar-refractivity contribution is 0.0697. The molecule has 2 rings (SSSR count). The number of carboxylic acid groups (broad SMARTS) is 1. The second-order valence-electron chi connectivity index (χ2n) is 3.98. The Morgan fingerprint density at radius 2 is 2.33 bits per heavy atom. The largest absolute Gasteiger partial charge is 0.478 e. The highest BCUT2D eigenvalue weighted by Crippen LogP contribution is 2.16. The standard InChI is InChI=1S/C12H14N4O2/c1-8-5-11(10(7-13-8)12(17)18)14-6-9-3-4-15-16(9)2/h3-5,7H,6H2,1-2H3,(H,13,14)(H,17,18). The van der Waals surface area contributed by atoms with E-state index in [1.165, 1.54) is 6.20 Å². The van der Waals surface area contributed by atoms with Gasteiger partial charge in [0.1, 0.15) is 5.56 Å². The minimum atomic E-state index is -0.991. The Morgan fingerprint density at radius 1 is 1.56 bits per heavy atom. The summed E-state index contributed by atoms with van der Waals surface area (Å²) in [7, 11) is 1.84. The van der Waals surface area contributed by atoms with Crippen LogP contribution in [0.15, 0.2) is 24.5 Å². The van der Waals surface area contributed by atoms with Crippen LogP contribution in [-0.2, 0) is 13.6 Å². The van der Waals surface area contributed by atoms with Gasteiger partial charge < -0.3 is 10.4 Å². The first-order chi connectivity index (χ1) is 8.58. The number of hydrogen-bond acceptors (Lipinski definition) is 4. The molecule has 0 aliphatic carbocycles. The number of aryl methyl sites for hydroxylation is 2. The predicted octanol–water partition coefficient (Wildman–Crippen LogP) is 1.43. The number of aromatic carboxylic acids is 1. The van der Waals surface area contributed by atoms with E-state index < -0.39 is 5.97 Å². The van der Waals surface area contributed by atoms with Crippen molar-refractivity contribution in [2.75, 3.05) is 5.32 Å². The molecule has 2 N–H and O–H groups in total. The van der Waals surface area contributed by atoms with Gasteiger partial charge in [-0.1, -0.05) is 0 Å². The summed E-state index contributed by atoms with van der Waals surface area (Å²) in [5.74, 6) is -0.991. The number of nitrogens with zero attached hydrogens (tertiary/aromatic N) is 3. The van der Waals surface area contributed by atoms with Gasteiger partial charge in [0.2, 0.25) is 0 Å². The molecule has 0 amide bonds. The molecule has 0 atom stereocenters. The number of carboxylic acids is 1. The van der Waals surface area contributed by atoms with Crippen LogP contribution in [-0.4, -0.2) is 25.8 Å². The molecule has 0 radical (unpaired) electrons. The third-order valence-electron chi connectivity index (χ3n) is 2.65. The molecule has 0 bridgehead atoms. The second kappa shape index (κ2) is 4.87. The zero-order valence-corrected chi connectivity index (χ0v) is 10.2. The van der Waals surface area contributed by atoms with E-state index in [-0.39, 0.29) is 5.56 Å². The summed E-state index contributed by atoms with van der Waals surface area (Å²) in [6.07, 6.45) is 3.07. The first-order valence-corrected chi connectivity index (χ1v) is 5.48. The average molecular weight is 246 g/mol. The molecule has 0 spiro atoms. The SMILES string of the molecule is Cc1cc(NCc2ccnn2C)c(C(=O)O)cn1. The molecule has 0 unspecified atom stereocenters. The molecule has 2 aromatic rings. The molecular weight excluding hydrogens is 232 g/mol. The highest BCUT2D eigenvalue weighted by Gasteiger charge is 2.11. The smallest absolute Gasteiger partial charge is 0.339 e. The Balaban J connectivity index is 2.20. The van der Waals surface area contributed by atoms with E-state index >= 15 is 0 Å². The topological polar surface area (TPSA) is 80.0 Å². The molecule has 18 heavy (non-hydrogen) atoms. The molecule has 0 fully saturated rings. The van der Waals surface area contributed by atoms with E-state index in [0.29, 0.717) is 12.2 Å². The third kappa shape index (κ3) is 2.48. The number of anilines is 1. The monoisotopic (exact) mass is 246 g/mol. The number of hydrogen-bond donors (Lipinski definition) is 2. The van der Waals surface area contributed by atoms with Gasteiger partial charge in [-0.25, -0.2) is 4.79 Å². The lowest BCUT2D eigenvalue weighted by Crippen LogP contribution is -2.10. The molecule has 0 aliphatic heterocycles. The van der Waals surface area contributed by atoms with Crippen LogP contribution < -0.4 is 5.32 Å². The molecule has 2 heterocycles. The van der Waals surface area contributed by atoms with Gasteiger partial charge in [0.05, 0.1) is 17.9 Å².